The van der Waals surface area contributed by atoms with Crippen LogP contribution in [-0.4, -0.2) is 6.71 Å². The molecule has 5 aromatic rings. The van der Waals surface area contributed by atoms with E-state index in [1.54, 1.807) is 0 Å². The molecule has 166 valence electrons. The topological polar surface area (TPSA) is 18.5 Å². The van der Waals surface area contributed by atoms with Crippen LogP contribution in [0.15, 0.2) is 115 Å². The van der Waals surface area contributed by atoms with Gasteiger partial charge in [-0.05, 0) is 59.3 Å². The Morgan fingerprint density at radius 2 is 1.60 bits per heavy atom. The Bertz CT molecular complexity index is 1740. The number of ether oxygens (including phenoxy) is 2. The van der Waals surface area contributed by atoms with Gasteiger partial charge in [0.1, 0.15) is 23.0 Å². The van der Waals surface area contributed by atoms with E-state index in [2.05, 4.69) is 73.3 Å². The van der Waals surface area contributed by atoms with Gasteiger partial charge in [-0.2, -0.15) is 0 Å². The molecule has 0 spiro atoms. The summed E-state index contributed by atoms with van der Waals surface area (Å²) in [6.07, 6.45) is 5.95. The second-order valence-corrected chi connectivity index (χ2v) is 9.92. The Hall–Kier alpha value is -4.02. The number of hydrogen-bond acceptors (Lipinski definition) is 3. The highest BCUT2D eigenvalue weighted by molar-refractivity contribution is 7.26. The number of thiophene rings is 1. The number of benzene rings is 4. The van der Waals surface area contributed by atoms with Gasteiger partial charge in [0, 0.05) is 25.6 Å². The minimum absolute atomic E-state index is 0.0246. The highest BCUT2D eigenvalue weighted by atomic mass is 32.1. The summed E-state index contributed by atoms with van der Waals surface area (Å²) in [5, 5.41) is 2.58. The van der Waals surface area contributed by atoms with Gasteiger partial charge in [0.15, 0.2) is 0 Å². The predicted molar refractivity (Wildman–Crippen MR) is 149 cm³/mol. The molecule has 0 unspecified atom stereocenters. The lowest BCUT2D eigenvalue weighted by Gasteiger charge is -2.33. The summed E-state index contributed by atoms with van der Waals surface area (Å²) >= 11 is 1.83. The third-order valence-corrected chi connectivity index (χ3v) is 8.13. The lowest BCUT2D eigenvalue weighted by Crippen LogP contribution is -2.50. The Morgan fingerprint density at radius 1 is 0.829 bits per heavy atom. The third kappa shape index (κ3) is 2.97. The predicted octanol–water partition coefficient (Wildman–Crippen LogP) is 7.38. The van der Waals surface area contributed by atoms with Crippen LogP contribution in [0.4, 0.5) is 0 Å². The molecule has 0 saturated carbocycles. The van der Waals surface area contributed by atoms with Crippen LogP contribution in [-0.2, 0) is 0 Å². The maximum Gasteiger partial charge on any atom is 0.260 e. The molecule has 0 N–H and O–H groups in total. The van der Waals surface area contributed by atoms with Crippen molar-refractivity contribution in [1.29, 1.82) is 0 Å². The smallest absolute Gasteiger partial charge is 0.260 e. The van der Waals surface area contributed by atoms with Crippen molar-refractivity contribution in [3.8, 4) is 28.4 Å². The fourth-order valence-electron chi connectivity index (χ4n) is 5.41. The zero-order chi connectivity index (χ0) is 23.5. The summed E-state index contributed by atoms with van der Waals surface area (Å²) in [5.41, 5.74) is 5.55. The molecule has 4 heteroatoms. The monoisotopic (exact) mass is 468 g/mol. The minimum Gasteiger partial charge on any atom is -0.458 e. The molecule has 0 radical (unpaired) electrons. The second-order valence-electron chi connectivity index (χ2n) is 8.87. The van der Waals surface area contributed by atoms with E-state index in [4.69, 9.17) is 9.47 Å². The van der Waals surface area contributed by atoms with Crippen molar-refractivity contribution in [3.63, 3.8) is 0 Å². The highest BCUT2D eigenvalue weighted by Gasteiger charge is 2.40. The molecule has 2 aliphatic heterocycles. The van der Waals surface area contributed by atoms with Crippen LogP contribution in [0, 0.1) is 0 Å². The molecule has 0 bridgehead atoms. The van der Waals surface area contributed by atoms with E-state index < -0.39 is 0 Å². The molecule has 35 heavy (non-hydrogen) atoms. The molecule has 2 nitrogen and oxygen atoms in total. The maximum absolute atomic E-state index is 6.52. The van der Waals surface area contributed by atoms with E-state index in [0.717, 1.165) is 45.0 Å². The quantitative estimate of drug-likeness (QED) is 0.257. The van der Waals surface area contributed by atoms with E-state index in [-0.39, 0.29) is 6.71 Å². The summed E-state index contributed by atoms with van der Waals surface area (Å²) in [6.45, 7) is 6.16. The first-order valence-electron chi connectivity index (χ1n) is 11.8. The molecule has 0 saturated heterocycles. The number of fused-ring (bicyclic) bond motifs is 5. The highest BCUT2D eigenvalue weighted by Crippen LogP contribution is 2.43. The number of allylic oxidation sites excluding steroid dienone is 4. The molecular formula is C31H21BO2S. The van der Waals surface area contributed by atoms with E-state index in [0.29, 0.717) is 0 Å². The summed E-state index contributed by atoms with van der Waals surface area (Å²) in [6, 6.07) is 27.8. The Balaban J connectivity index is 1.50. The van der Waals surface area contributed by atoms with Crippen molar-refractivity contribution in [2.45, 2.75) is 6.92 Å². The second kappa shape index (κ2) is 7.76. The lowest BCUT2D eigenvalue weighted by atomic mass is 9.34. The van der Waals surface area contributed by atoms with Gasteiger partial charge >= 0.3 is 0 Å². The molecule has 0 fully saturated rings. The van der Waals surface area contributed by atoms with Crippen LogP contribution < -0.4 is 20.4 Å². The molecule has 2 aliphatic rings. The van der Waals surface area contributed by atoms with E-state index in [9.17, 15) is 0 Å². The molecule has 3 heterocycles. The average molecular weight is 468 g/mol. The maximum atomic E-state index is 6.52. The average Bonchev–Trinajstić information content (AvgIpc) is 3.27. The number of para-hydroxylation sites is 1. The van der Waals surface area contributed by atoms with Gasteiger partial charge in [-0.15, -0.1) is 11.3 Å². The van der Waals surface area contributed by atoms with Crippen LogP contribution in [0.2, 0.25) is 0 Å². The molecule has 1 aromatic heterocycles. The van der Waals surface area contributed by atoms with Crippen LogP contribution in [0.3, 0.4) is 0 Å². The van der Waals surface area contributed by atoms with Crippen molar-refractivity contribution in [1.82, 2.24) is 0 Å². The molecule has 0 amide bonds. The number of hydrogen-bond donors (Lipinski definition) is 0. The first kappa shape index (κ1) is 20.4. The standard InChI is InChI=1S/C31H21BO2S/c1-3-10-25-23(4-2)32-24-14-6-7-15-26(24)34-28-18-19(17-27(33-25)30(28)32)20-12-9-13-22-21-11-5-8-16-29(21)35-31(20)22/h3-18H,2H2,1H3/b10-3-. The molecular weight excluding hydrogens is 447 g/mol. The Labute approximate surface area is 208 Å². The first-order chi connectivity index (χ1) is 17.3. The van der Waals surface area contributed by atoms with Gasteiger partial charge in [-0.1, -0.05) is 73.3 Å². The lowest BCUT2D eigenvalue weighted by molar-refractivity contribution is 0.434. The summed E-state index contributed by atoms with van der Waals surface area (Å²) in [4.78, 5) is 0. The van der Waals surface area contributed by atoms with Gasteiger partial charge in [0.25, 0.3) is 6.71 Å². The van der Waals surface area contributed by atoms with Gasteiger partial charge in [-0.3, -0.25) is 0 Å². The van der Waals surface area contributed by atoms with Crippen LogP contribution in [0.25, 0.3) is 31.3 Å². The zero-order valence-electron chi connectivity index (χ0n) is 19.2. The summed E-state index contributed by atoms with van der Waals surface area (Å²) in [7, 11) is 0. The fraction of sp³-hybridized carbons (Fsp3) is 0.0323. The van der Waals surface area contributed by atoms with E-state index >= 15 is 0 Å². The van der Waals surface area contributed by atoms with Gasteiger partial charge < -0.3 is 9.47 Å². The van der Waals surface area contributed by atoms with Crippen molar-refractivity contribution in [2.75, 3.05) is 0 Å². The van der Waals surface area contributed by atoms with Gasteiger partial charge in [0.05, 0.1) is 0 Å². The van der Waals surface area contributed by atoms with Crippen molar-refractivity contribution in [3.05, 3.63) is 115 Å². The Morgan fingerprint density at radius 3 is 2.46 bits per heavy atom. The molecule has 0 aliphatic carbocycles. The normalized spacial score (nSPS) is 14.1. The van der Waals surface area contributed by atoms with Crippen LogP contribution in [0.5, 0.6) is 17.2 Å². The van der Waals surface area contributed by atoms with Crippen LogP contribution in [0.1, 0.15) is 6.92 Å². The van der Waals surface area contributed by atoms with E-state index in [1.165, 1.54) is 25.7 Å². The molecule has 0 atom stereocenters. The van der Waals surface area contributed by atoms with Gasteiger partial charge in [0.2, 0.25) is 0 Å². The van der Waals surface area contributed by atoms with Crippen molar-refractivity contribution >= 4 is 49.1 Å². The SMILES string of the molecule is C=CC1=C(/C=C\C)Oc2cc(-c3cccc4c3sc3ccccc34)cc3c2B1c1ccccc1O3. The third-order valence-electron chi connectivity index (χ3n) is 6.91. The fourth-order valence-corrected chi connectivity index (χ4v) is 6.65. The number of rotatable bonds is 3. The van der Waals surface area contributed by atoms with Gasteiger partial charge in [-0.25, -0.2) is 0 Å². The largest absolute Gasteiger partial charge is 0.458 e. The minimum atomic E-state index is 0.0246. The molecule has 4 aromatic carbocycles. The first-order valence-corrected chi connectivity index (χ1v) is 12.6. The summed E-state index contributed by atoms with van der Waals surface area (Å²) in [5.74, 6) is 3.40. The zero-order valence-corrected chi connectivity index (χ0v) is 20.1. The van der Waals surface area contributed by atoms with Crippen molar-refractivity contribution in [2.24, 2.45) is 0 Å². The summed E-state index contributed by atoms with van der Waals surface area (Å²) < 4.78 is 15.6. The molecule has 7 rings (SSSR count). The Kier molecular flexibility index (Phi) is 4.51. The van der Waals surface area contributed by atoms with Crippen molar-refractivity contribution < 1.29 is 9.47 Å². The van der Waals surface area contributed by atoms with E-state index in [1.807, 2.05) is 48.6 Å². The van der Waals surface area contributed by atoms with Crippen LogP contribution >= 0.6 is 11.3 Å².